The SMILES string of the molecule is Cc1nnc(COc2cnn(C)c2)n1C. The van der Waals surface area contributed by atoms with Crippen LogP contribution in [0.4, 0.5) is 0 Å². The van der Waals surface area contributed by atoms with Crippen LogP contribution in [0.2, 0.25) is 0 Å². The van der Waals surface area contributed by atoms with Crippen molar-refractivity contribution in [1.29, 1.82) is 0 Å². The molecule has 2 aromatic rings. The van der Waals surface area contributed by atoms with Gasteiger partial charge in [0.2, 0.25) is 0 Å². The van der Waals surface area contributed by atoms with Crippen LogP contribution in [-0.2, 0) is 20.7 Å². The van der Waals surface area contributed by atoms with E-state index in [0.717, 1.165) is 17.4 Å². The fraction of sp³-hybridized carbons (Fsp3) is 0.444. The van der Waals surface area contributed by atoms with Crippen LogP contribution < -0.4 is 4.74 Å². The highest BCUT2D eigenvalue weighted by Crippen LogP contribution is 2.09. The quantitative estimate of drug-likeness (QED) is 0.732. The van der Waals surface area contributed by atoms with Gasteiger partial charge in [0.15, 0.2) is 11.6 Å². The lowest BCUT2D eigenvalue weighted by Gasteiger charge is -2.02. The van der Waals surface area contributed by atoms with E-state index in [-0.39, 0.29) is 0 Å². The van der Waals surface area contributed by atoms with Crippen LogP contribution in [-0.4, -0.2) is 24.5 Å². The number of aryl methyl sites for hydroxylation is 2. The molecule has 2 rings (SSSR count). The van der Waals surface area contributed by atoms with Gasteiger partial charge in [-0.1, -0.05) is 0 Å². The molecule has 0 radical (unpaired) electrons. The molecular weight excluding hydrogens is 194 g/mol. The van der Waals surface area contributed by atoms with Crippen molar-refractivity contribution in [3.63, 3.8) is 0 Å². The Labute approximate surface area is 87.5 Å². The molecule has 0 saturated heterocycles. The minimum atomic E-state index is 0.406. The molecule has 0 aliphatic carbocycles. The second-order valence-corrected chi connectivity index (χ2v) is 3.36. The van der Waals surface area contributed by atoms with E-state index in [1.807, 2.05) is 31.8 Å². The number of aromatic nitrogens is 5. The standard InChI is InChI=1S/C9H13N5O/c1-7-11-12-9(14(7)3)6-15-8-4-10-13(2)5-8/h4-5H,6H2,1-3H3. The van der Waals surface area contributed by atoms with E-state index in [1.54, 1.807) is 10.9 Å². The molecule has 0 aliphatic rings. The molecule has 0 aromatic carbocycles. The number of hydrogen-bond acceptors (Lipinski definition) is 4. The van der Waals surface area contributed by atoms with Crippen molar-refractivity contribution >= 4 is 0 Å². The lowest BCUT2D eigenvalue weighted by atomic mass is 10.6. The van der Waals surface area contributed by atoms with Crippen LogP contribution >= 0.6 is 0 Å². The molecule has 6 nitrogen and oxygen atoms in total. The zero-order valence-corrected chi connectivity index (χ0v) is 9.01. The van der Waals surface area contributed by atoms with E-state index in [4.69, 9.17) is 4.74 Å². The summed E-state index contributed by atoms with van der Waals surface area (Å²) in [6.45, 7) is 2.31. The topological polar surface area (TPSA) is 57.8 Å². The minimum absolute atomic E-state index is 0.406. The van der Waals surface area contributed by atoms with Gasteiger partial charge in [0.05, 0.1) is 12.4 Å². The van der Waals surface area contributed by atoms with Gasteiger partial charge in [-0.3, -0.25) is 4.68 Å². The van der Waals surface area contributed by atoms with Gasteiger partial charge in [0.1, 0.15) is 12.4 Å². The molecule has 0 unspecified atom stereocenters. The Morgan fingerprint density at radius 3 is 2.67 bits per heavy atom. The molecule has 0 fully saturated rings. The van der Waals surface area contributed by atoms with Gasteiger partial charge in [-0.15, -0.1) is 10.2 Å². The normalized spacial score (nSPS) is 10.6. The molecule has 80 valence electrons. The third kappa shape index (κ3) is 1.98. The Kier molecular flexibility index (Phi) is 2.40. The lowest BCUT2D eigenvalue weighted by Crippen LogP contribution is -2.04. The summed E-state index contributed by atoms with van der Waals surface area (Å²) in [5, 5.41) is 11.9. The molecule has 0 amide bonds. The van der Waals surface area contributed by atoms with E-state index in [0.29, 0.717) is 6.61 Å². The van der Waals surface area contributed by atoms with E-state index >= 15 is 0 Å². The van der Waals surface area contributed by atoms with E-state index in [1.165, 1.54) is 0 Å². The summed E-state index contributed by atoms with van der Waals surface area (Å²) in [6.07, 6.45) is 3.48. The first-order chi connectivity index (χ1) is 7.16. The maximum Gasteiger partial charge on any atom is 0.170 e. The Hall–Kier alpha value is -1.85. The summed E-state index contributed by atoms with van der Waals surface area (Å²) >= 11 is 0. The first kappa shape index (κ1) is 9.70. The monoisotopic (exact) mass is 207 g/mol. The van der Waals surface area contributed by atoms with Crippen molar-refractivity contribution in [3.8, 4) is 5.75 Å². The predicted octanol–water partition coefficient (Wildman–Crippen LogP) is 0.436. The predicted molar refractivity (Wildman–Crippen MR) is 53.3 cm³/mol. The smallest absolute Gasteiger partial charge is 0.170 e. The molecule has 0 saturated carbocycles. The van der Waals surface area contributed by atoms with Gasteiger partial charge < -0.3 is 9.30 Å². The molecule has 0 spiro atoms. The molecule has 0 atom stereocenters. The number of nitrogens with zero attached hydrogens (tertiary/aromatic N) is 5. The molecule has 2 aromatic heterocycles. The third-order valence-corrected chi connectivity index (χ3v) is 2.23. The van der Waals surface area contributed by atoms with Crippen LogP contribution in [0.15, 0.2) is 12.4 Å². The first-order valence-corrected chi connectivity index (χ1v) is 4.63. The van der Waals surface area contributed by atoms with Crippen LogP contribution in [0.5, 0.6) is 5.75 Å². The minimum Gasteiger partial charge on any atom is -0.482 e. The molecule has 0 bridgehead atoms. The number of hydrogen-bond donors (Lipinski definition) is 0. The summed E-state index contributed by atoms with van der Waals surface area (Å²) in [5.74, 6) is 2.41. The highest BCUT2D eigenvalue weighted by Gasteiger charge is 2.05. The lowest BCUT2D eigenvalue weighted by molar-refractivity contribution is 0.291. The van der Waals surface area contributed by atoms with E-state index in [2.05, 4.69) is 15.3 Å². The Morgan fingerprint density at radius 1 is 1.33 bits per heavy atom. The average Bonchev–Trinajstić information content (AvgIpc) is 2.74. The second-order valence-electron chi connectivity index (χ2n) is 3.36. The van der Waals surface area contributed by atoms with Gasteiger partial charge in [-0.2, -0.15) is 5.10 Å². The second kappa shape index (κ2) is 3.72. The van der Waals surface area contributed by atoms with Crippen molar-refractivity contribution in [2.45, 2.75) is 13.5 Å². The van der Waals surface area contributed by atoms with Gasteiger partial charge in [-0.25, -0.2) is 0 Å². The summed E-state index contributed by atoms with van der Waals surface area (Å²) in [7, 11) is 3.76. The molecule has 0 aliphatic heterocycles. The number of ether oxygens (including phenoxy) is 1. The fourth-order valence-corrected chi connectivity index (χ4v) is 1.20. The maximum absolute atomic E-state index is 5.50. The van der Waals surface area contributed by atoms with Crippen molar-refractivity contribution in [2.24, 2.45) is 14.1 Å². The fourth-order valence-electron chi connectivity index (χ4n) is 1.20. The van der Waals surface area contributed by atoms with Crippen LogP contribution in [0.1, 0.15) is 11.6 Å². The molecule has 0 N–H and O–H groups in total. The Morgan fingerprint density at radius 2 is 2.13 bits per heavy atom. The van der Waals surface area contributed by atoms with Gasteiger partial charge in [-0.05, 0) is 6.92 Å². The maximum atomic E-state index is 5.50. The molecule has 2 heterocycles. The van der Waals surface area contributed by atoms with Crippen LogP contribution in [0, 0.1) is 6.92 Å². The Balaban J connectivity index is 2.02. The van der Waals surface area contributed by atoms with Crippen LogP contribution in [0.25, 0.3) is 0 Å². The van der Waals surface area contributed by atoms with E-state index < -0.39 is 0 Å². The summed E-state index contributed by atoms with van der Waals surface area (Å²) < 4.78 is 9.09. The summed E-state index contributed by atoms with van der Waals surface area (Å²) in [4.78, 5) is 0. The zero-order chi connectivity index (χ0) is 10.8. The van der Waals surface area contributed by atoms with E-state index in [9.17, 15) is 0 Å². The summed E-state index contributed by atoms with van der Waals surface area (Å²) in [5.41, 5.74) is 0. The van der Waals surface area contributed by atoms with Gasteiger partial charge in [0, 0.05) is 14.1 Å². The van der Waals surface area contributed by atoms with Gasteiger partial charge in [0.25, 0.3) is 0 Å². The Bertz CT molecular complexity index is 459. The molecule has 15 heavy (non-hydrogen) atoms. The highest BCUT2D eigenvalue weighted by molar-refractivity contribution is 5.11. The largest absolute Gasteiger partial charge is 0.482 e. The summed E-state index contributed by atoms with van der Waals surface area (Å²) in [6, 6.07) is 0. The van der Waals surface area contributed by atoms with Crippen molar-refractivity contribution in [3.05, 3.63) is 24.0 Å². The molecule has 6 heteroatoms. The number of rotatable bonds is 3. The van der Waals surface area contributed by atoms with Crippen molar-refractivity contribution in [1.82, 2.24) is 24.5 Å². The first-order valence-electron chi connectivity index (χ1n) is 4.63. The highest BCUT2D eigenvalue weighted by atomic mass is 16.5. The van der Waals surface area contributed by atoms with Gasteiger partial charge >= 0.3 is 0 Å². The van der Waals surface area contributed by atoms with Crippen molar-refractivity contribution < 1.29 is 4.74 Å². The average molecular weight is 207 g/mol. The molecular formula is C9H13N5O. The van der Waals surface area contributed by atoms with Crippen LogP contribution in [0.3, 0.4) is 0 Å². The zero-order valence-electron chi connectivity index (χ0n) is 9.01. The van der Waals surface area contributed by atoms with Crippen molar-refractivity contribution in [2.75, 3.05) is 0 Å². The third-order valence-electron chi connectivity index (χ3n) is 2.23.